The highest BCUT2D eigenvalue weighted by Gasteiger charge is 2.11. The molecule has 0 bridgehead atoms. The summed E-state index contributed by atoms with van der Waals surface area (Å²) in [5.74, 6) is 0.676. The first kappa shape index (κ1) is 23.3. The molecule has 2 N–H and O–H groups in total. The lowest BCUT2D eigenvalue weighted by molar-refractivity contribution is -0.384. The number of guanidine groups is 1. The van der Waals surface area contributed by atoms with Crippen molar-refractivity contribution in [2.45, 2.75) is 37.6 Å². The van der Waals surface area contributed by atoms with E-state index in [9.17, 15) is 18.5 Å². The number of nitrogens with one attached hydrogen (secondary N) is 2. The second kappa shape index (κ2) is 10.7. The van der Waals surface area contributed by atoms with Crippen molar-refractivity contribution < 1.29 is 13.3 Å². The van der Waals surface area contributed by atoms with Crippen molar-refractivity contribution in [1.82, 2.24) is 10.6 Å². The first-order valence-electron chi connectivity index (χ1n) is 9.68. The van der Waals surface area contributed by atoms with Crippen molar-refractivity contribution in [2.75, 3.05) is 19.8 Å². The lowest BCUT2D eigenvalue weighted by Gasteiger charge is -2.13. The van der Waals surface area contributed by atoms with Crippen LogP contribution in [0, 0.1) is 17.0 Å². The molecule has 0 spiro atoms. The van der Waals surface area contributed by atoms with E-state index >= 15 is 0 Å². The maximum Gasteiger partial charge on any atom is 0.269 e. The number of nitrogens with zero attached hydrogens (tertiary/aromatic N) is 2. The van der Waals surface area contributed by atoms with E-state index in [2.05, 4.69) is 15.6 Å². The molecular formula is C21H28N4O4S. The van der Waals surface area contributed by atoms with Gasteiger partial charge >= 0.3 is 0 Å². The van der Waals surface area contributed by atoms with Crippen molar-refractivity contribution >= 4 is 21.5 Å². The maximum atomic E-state index is 11.7. The van der Waals surface area contributed by atoms with Gasteiger partial charge in [0.2, 0.25) is 0 Å². The van der Waals surface area contributed by atoms with Crippen LogP contribution in [0.5, 0.6) is 0 Å². The molecule has 0 heterocycles. The van der Waals surface area contributed by atoms with Gasteiger partial charge in [-0.3, -0.25) is 15.1 Å². The van der Waals surface area contributed by atoms with Crippen LogP contribution in [0.3, 0.4) is 0 Å². The molecule has 0 aliphatic carbocycles. The van der Waals surface area contributed by atoms with Crippen molar-refractivity contribution in [3.8, 4) is 0 Å². The van der Waals surface area contributed by atoms with Gasteiger partial charge < -0.3 is 10.6 Å². The Morgan fingerprint density at radius 2 is 1.73 bits per heavy atom. The third-order valence-corrected chi connectivity index (χ3v) is 5.91. The van der Waals surface area contributed by atoms with Gasteiger partial charge in [-0.15, -0.1) is 0 Å². The van der Waals surface area contributed by atoms with E-state index in [1.165, 1.54) is 18.4 Å². The Morgan fingerprint density at radius 1 is 1.07 bits per heavy atom. The summed E-state index contributed by atoms with van der Waals surface area (Å²) in [5, 5.41) is 17.2. The zero-order chi connectivity index (χ0) is 22.1. The number of benzene rings is 2. The Bertz CT molecular complexity index is 1000. The summed E-state index contributed by atoms with van der Waals surface area (Å²) in [5.41, 5.74) is 2.89. The highest BCUT2D eigenvalue weighted by Crippen LogP contribution is 2.16. The van der Waals surface area contributed by atoms with E-state index in [-0.39, 0.29) is 5.69 Å². The highest BCUT2D eigenvalue weighted by molar-refractivity contribution is 7.90. The number of hydrogen-bond donors (Lipinski definition) is 2. The van der Waals surface area contributed by atoms with Crippen LogP contribution in [0.25, 0.3) is 0 Å². The SMILES string of the molecule is CN=C(NCCCCc1ccc([N+](=O)[O-])cc1)NCc1ccc(S(C)(=O)=O)c(C)c1. The molecule has 30 heavy (non-hydrogen) atoms. The van der Waals surface area contributed by atoms with Gasteiger partial charge in [0.1, 0.15) is 0 Å². The van der Waals surface area contributed by atoms with Crippen LogP contribution in [0.1, 0.15) is 29.5 Å². The Morgan fingerprint density at radius 3 is 2.30 bits per heavy atom. The standard InChI is InChI=1S/C21H28N4O4S/c1-16-14-18(9-12-20(16)30(3,28)29)15-24-21(22-2)23-13-5-4-6-17-7-10-19(11-8-17)25(26)27/h7-12,14H,4-6,13,15H2,1-3H3,(H2,22,23,24). The minimum absolute atomic E-state index is 0.108. The molecule has 2 rings (SSSR count). The summed E-state index contributed by atoms with van der Waals surface area (Å²) in [6.45, 7) is 3.07. The number of unbranched alkanes of at least 4 members (excludes halogenated alkanes) is 1. The summed E-state index contributed by atoms with van der Waals surface area (Å²) in [6.07, 6.45) is 3.95. The van der Waals surface area contributed by atoms with Crippen molar-refractivity contribution in [1.29, 1.82) is 0 Å². The molecule has 0 atom stereocenters. The molecule has 0 radical (unpaired) electrons. The monoisotopic (exact) mass is 432 g/mol. The third kappa shape index (κ3) is 7.14. The van der Waals surface area contributed by atoms with Crippen LogP contribution in [0.2, 0.25) is 0 Å². The van der Waals surface area contributed by atoms with Crippen LogP contribution in [-0.2, 0) is 22.8 Å². The van der Waals surface area contributed by atoms with Crippen LogP contribution < -0.4 is 10.6 Å². The third-order valence-electron chi connectivity index (χ3n) is 4.65. The fourth-order valence-corrected chi connectivity index (χ4v) is 4.05. The average Bonchev–Trinajstić information content (AvgIpc) is 2.69. The zero-order valence-corrected chi connectivity index (χ0v) is 18.3. The van der Waals surface area contributed by atoms with Gasteiger partial charge in [0.25, 0.3) is 5.69 Å². The van der Waals surface area contributed by atoms with Gasteiger partial charge in [-0.2, -0.15) is 0 Å². The Balaban J connectivity index is 1.73. The first-order valence-corrected chi connectivity index (χ1v) is 11.6. The molecule has 2 aromatic carbocycles. The number of nitro benzene ring substituents is 1. The summed E-state index contributed by atoms with van der Waals surface area (Å²) >= 11 is 0. The number of aliphatic imine (C=N–C) groups is 1. The fourth-order valence-electron chi connectivity index (χ4n) is 3.09. The summed E-state index contributed by atoms with van der Waals surface area (Å²) < 4.78 is 23.4. The number of nitro groups is 1. The summed E-state index contributed by atoms with van der Waals surface area (Å²) in [7, 11) is -1.52. The minimum Gasteiger partial charge on any atom is -0.356 e. The topological polar surface area (TPSA) is 114 Å². The molecule has 0 amide bonds. The maximum absolute atomic E-state index is 11.7. The minimum atomic E-state index is -3.22. The van der Waals surface area contributed by atoms with E-state index in [1.54, 1.807) is 38.2 Å². The summed E-state index contributed by atoms with van der Waals surface area (Å²) in [4.78, 5) is 14.8. The van der Waals surface area contributed by atoms with E-state index in [1.807, 2.05) is 6.07 Å². The largest absolute Gasteiger partial charge is 0.356 e. The number of rotatable bonds is 9. The zero-order valence-electron chi connectivity index (χ0n) is 17.5. The molecule has 0 saturated heterocycles. The number of hydrogen-bond acceptors (Lipinski definition) is 5. The molecule has 162 valence electrons. The molecule has 2 aromatic rings. The number of non-ortho nitro benzene ring substituents is 1. The van der Waals surface area contributed by atoms with Crippen molar-refractivity contribution in [3.63, 3.8) is 0 Å². The highest BCUT2D eigenvalue weighted by atomic mass is 32.2. The Hall–Kier alpha value is -2.94. The van der Waals surface area contributed by atoms with Crippen LogP contribution >= 0.6 is 0 Å². The van der Waals surface area contributed by atoms with E-state index in [4.69, 9.17) is 0 Å². The Labute approximate surface area is 177 Å². The lowest BCUT2D eigenvalue weighted by Crippen LogP contribution is -2.37. The molecule has 0 unspecified atom stereocenters. The van der Waals surface area contributed by atoms with Crippen molar-refractivity contribution in [3.05, 3.63) is 69.3 Å². The molecule has 0 aliphatic rings. The van der Waals surface area contributed by atoms with Gasteiger partial charge in [0.15, 0.2) is 15.8 Å². The van der Waals surface area contributed by atoms with Gasteiger partial charge in [-0.25, -0.2) is 8.42 Å². The molecule has 0 fully saturated rings. The Kier molecular flexibility index (Phi) is 8.35. The van der Waals surface area contributed by atoms with Crippen molar-refractivity contribution in [2.24, 2.45) is 4.99 Å². The molecule has 9 heteroatoms. The molecule has 8 nitrogen and oxygen atoms in total. The van der Waals surface area contributed by atoms with Gasteiger partial charge in [0.05, 0.1) is 9.82 Å². The second-order valence-electron chi connectivity index (χ2n) is 7.11. The molecular weight excluding hydrogens is 404 g/mol. The smallest absolute Gasteiger partial charge is 0.269 e. The van der Waals surface area contributed by atoms with Crippen LogP contribution in [0.4, 0.5) is 5.69 Å². The van der Waals surface area contributed by atoms with Gasteiger partial charge in [0, 0.05) is 38.5 Å². The van der Waals surface area contributed by atoms with Crippen LogP contribution in [-0.4, -0.2) is 39.1 Å². The number of aryl methyl sites for hydroxylation is 2. The van der Waals surface area contributed by atoms with Gasteiger partial charge in [-0.1, -0.05) is 24.3 Å². The van der Waals surface area contributed by atoms with Gasteiger partial charge in [-0.05, 0) is 48.9 Å². The second-order valence-corrected chi connectivity index (χ2v) is 9.09. The summed E-state index contributed by atoms with van der Waals surface area (Å²) in [6, 6.07) is 11.9. The average molecular weight is 433 g/mol. The first-order chi connectivity index (χ1) is 14.2. The molecule has 0 saturated carbocycles. The predicted molar refractivity (Wildman–Crippen MR) is 119 cm³/mol. The lowest BCUT2D eigenvalue weighted by atomic mass is 10.1. The normalized spacial score (nSPS) is 11.9. The van der Waals surface area contributed by atoms with E-state index in [0.29, 0.717) is 17.4 Å². The fraction of sp³-hybridized carbons (Fsp3) is 0.381. The quantitative estimate of drug-likeness (QED) is 0.207. The molecule has 0 aromatic heterocycles. The van der Waals surface area contributed by atoms with Crippen LogP contribution in [0.15, 0.2) is 52.4 Å². The van der Waals surface area contributed by atoms with E-state index < -0.39 is 14.8 Å². The van der Waals surface area contributed by atoms with E-state index in [0.717, 1.165) is 42.5 Å². The predicted octanol–water partition coefficient (Wildman–Crippen LogP) is 2.99. The molecule has 0 aliphatic heterocycles. The number of sulfone groups is 1.